The molecule has 1 aromatic carbocycles. The molecule has 0 aliphatic carbocycles. The Morgan fingerprint density at radius 2 is 2.00 bits per heavy atom. The normalized spacial score (nSPS) is 11.4. The van der Waals surface area contributed by atoms with E-state index in [-0.39, 0.29) is 17.9 Å². The molecule has 0 saturated carbocycles. The maximum atomic E-state index is 11.5. The number of ether oxygens (including phenoxy) is 1. The van der Waals surface area contributed by atoms with Crippen molar-refractivity contribution in [2.24, 2.45) is 0 Å². The third-order valence-corrected chi connectivity index (χ3v) is 2.27. The average Bonchev–Trinajstić information content (AvgIpc) is 2.31. The van der Waals surface area contributed by atoms with Gasteiger partial charge in [0.25, 0.3) is 0 Å². The number of aromatic hydroxyl groups is 1. The zero-order chi connectivity index (χ0) is 12.8. The Balaban J connectivity index is 3.13. The Morgan fingerprint density at radius 3 is 2.47 bits per heavy atom. The third kappa shape index (κ3) is 3.08. The Hall–Kier alpha value is -2.28. The van der Waals surface area contributed by atoms with Gasteiger partial charge in [-0.2, -0.15) is 5.26 Å². The van der Waals surface area contributed by atoms with Gasteiger partial charge < -0.3 is 9.84 Å². The Kier molecular flexibility index (Phi) is 4.29. The van der Waals surface area contributed by atoms with Gasteiger partial charge in [0.05, 0.1) is 6.61 Å². The van der Waals surface area contributed by atoms with E-state index in [4.69, 9.17) is 15.1 Å². The summed E-state index contributed by atoms with van der Waals surface area (Å²) in [6.45, 7) is 3.58. The maximum Gasteiger partial charge on any atom is 0.349 e. The molecule has 4 nitrogen and oxygen atoms in total. The number of rotatable bonds is 3. The molecule has 0 aliphatic heterocycles. The quantitative estimate of drug-likeness (QED) is 0.492. The molecule has 0 unspecified atom stereocenters. The summed E-state index contributed by atoms with van der Waals surface area (Å²) < 4.78 is 4.79. The highest BCUT2D eigenvalue weighted by Crippen LogP contribution is 2.21. The van der Waals surface area contributed by atoms with Crippen LogP contribution in [0.4, 0.5) is 0 Å². The summed E-state index contributed by atoms with van der Waals surface area (Å²) in [6, 6.07) is 8.12. The van der Waals surface area contributed by atoms with Crippen LogP contribution in [-0.4, -0.2) is 17.7 Å². The Labute approximate surface area is 99.8 Å². The number of benzene rings is 1. The molecule has 0 spiro atoms. The number of nitriles is 1. The Bertz CT molecular complexity index is 480. The van der Waals surface area contributed by atoms with E-state index in [9.17, 15) is 4.79 Å². The fourth-order valence-electron chi connectivity index (χ4n) is 1.34. The minimum atomic E-state index is -0.624. The van der Waals surface area contributed by atoms with E-state index in [1.807, 2.05) is 6.07 Å². The van der Waals surface area contributed by atoms with Crippen LogP contribution in [0.3, 0.4) is 0 Å². The number of carbonyl (C=O) groups is 1. The zero-order valence-corrected chi connectivity index (χ0v) is 9.73. The molecule has 4 heteroatoms. The Morgan fingerprint density at radius 1 is 1.41 bits per heavy atom. The molecule has 1 rings (SSSR count). The van der Waals surface area contributed by atoms with Crippen LogP contribution in [-0.2, 0) is 9.53 Å². The number of phenolic OH excluding ortho intramolecular Hbond substituents is 1. The van der Waals surface area contributed by atoms with Gasteiger partial charge in [0.1, 0.15) is 17.4 Å². The number of allylic oxidation sites excluding steroid dienone is 1. The van der Waals surface area contributed by atoms with E-state index in [0.717, 1.165) is 0 Å². The van der Waals surface area contributed by atoms with Crippen LogP contribution in [0.25, 0.3) is 5.57 Å². The van der Waals surface area contributed by atoms with Gasteiger partial charge in [-0.1, -0.05) is 12.1 Å². The second kappa shape index (κ2) is 5.71. The molecule has 17 heavy (non-hydrogen) atoms. The molecule has 0 radical (unpaired) electrons. The van der Waals surface area contributed by atoms with Gasteiger partial charge in [0.15, 0.2) is 0 Å². The first-order valence-corrected chi connectivity index (χ1v) is 5.17. The van der Waals surface area contributed by atoms with E-state index in [2.05, 4.69) is 0 Å². The lowest BCUT2D eigenvalue weighted by Gasteiger charge is -2.05. The van der Waals surface area contributed by atoms with E-state index in [0.29, 0.717) is 11.1 Å². The number of carbonyl (C=O) groups excluding carboxylic acids is 1. The fraction of sp³-hybridized carbons (Fsp3) is 0.231. The molecule has 0 heterocycles. The van der Waals surface area contributed by atoms with Gasteiger partial charge in [-0.15, -0.1) is 0 Å². The second-order valence-corrected chi connectivity index (χ2v) is 3.38. The molecule has 0 saturated heterocycles. The van der Waals surface area contributed by atoms with Crippen molar-refractivity contribution in [2.75, 3.05) is 6.61 Å². The average molecular weight is 231 g/mol. The zero-order valence-electron chi connectivity index (χ0n) is 9.73. The van der Waals surface area contributed by atoms with Crippen molar-refractivity contribution >= 4 is 11.5 Å². The molecular weight excluding hydrogens is 218 g/mol. The van der Waals surface area contributed by atoms with Crippen LogP contribution in [0.2, 0.25) is 0 Å². The summed E-state index contributed by atoms with van der Waals surface area (Å²) in [7, 11) is 0. The standard InChI is InChI=1S/C13H13NO3/c1-3-17-13(16)12(8-14)9(2)10-4-6-11(15)7-5-10/h4-7,15H,3H2,1-2H3. The van der Waals surface area contributed by atoms with Gasteiger partial charge >= 0.3 is 5.97 Å². The summed E-state index contributed by atoms with van der Waals surface area (Å²) in [5, 5.41) is 18.1. The number of esters is 1. The van der Waals surface area contributed by atoms with Crippen LogP contribution in [0.1, 0.15) is 19.4 Å². The fourth-order valence-corrected chi connectivity index (χ4v) is 1.34. The molecular formula is C13H13NO3. The van der Waals surface area contributed by atoms with Crippen molar-refractivity contribution < 1.29 is 14.6 Å². The predicted octanol–water partition coefficient (Wildman–Crippen LogP) is 2.25. The molecule has 0 bridgehead atoms. The highest BCUT2D eigenvalue weighted by atomic mass is 16.5. The van der Waals surface area contributed by atoms with Gasteiger partial charge in [-0.05, 0) is 37.1 Å². The summed E-state index contributed by atoms with van der Waals surface area (Å²) in [6.07, 6.45) is 0. The lowest BCUT2D eigenvalue weighted by Crippen LogP contribution is -2.07. The highest BCUT2D eigenvalue weighted by molar-refractivity contribution is 6.01. The predicted molar refractivity (Wildman–Crippen MR) is 62.9 cm³/mol. The molecule has 0 fully saturated rings. The van der Waals surface area contributed by atoms with Gasteiger partial charge in [-0.25, -0.2) is 4.79 Å². The molecule has 0 amide bonds. The van der Waals surface area contributed by atoms with Crippen molar-refractivity contribution in [3.8, 4) is 11.8 Å². The molecule has 0 aliphatic rings. The van der Waals surface area contributed by atoms with Crippen molar-refractivity contribution in [3.63, 3.8) is 0 Å². The summed E-state index contributed by atoms with van der Waals surface area (Å²) >= 11 is 0. The SMILES string of the molecule is CCOC(=O)C(C#N)=C(C)c1ccc(O)cc1. The van der Waals surface area contributed by atoms with Crippen LogP contribution < -0.4 is 0 Å². The van der Waals surface area contributed by atoms with Gasteiger partial charge in [0, 0.05) is 0 Å². The van der Waals surface area contributed by atoms with Crippen molar-refractivity contribution in [2.45, 2.75) is 13.8 Å². The van der Waals surface area contributed by atoms with Crippen molar-refractivity contribution in [1.82, 2.24) is 0 Å². The van der Waals surface area contributed by atoms with Crippen LogP contribution in [0, 0.1) is 11.3 Å². The number of nitrogens with zero attached hydrogens (tertiary/aromatic N) is 1. The van der Waals surface area contributed by atoms with Crippen LogP contribution in [0.15, 0.2) is 29.8 Å². The molecule has 1 aromatic rings. The molecule has 88 valence electrons. The van der Waals surface area contributed by atoms with E-state index >= 15 is 0 Å². The second-order valence-electron chi connectivity index (χ2n) is 3.38. The van der Waals surface area contributed by atoms with Crippen molar-refractivity contribution in [1.29, 1.82) is 5.26 Å². The first-order chi connectivity index (χ1) is 8.10. The summed E-state index contributed by atoms with van der Waals surface area (Å²) in [5.41, 5.74) is 1.22. The smallest absolute Gasteiger partial charge is 0.349 e. The maximum absolute atomic E-state index is 11.5. The van der Waals surface area contributed by atoms with Crippen LogP contribution in [0.5, 0.6) is 5.75 Å². The number of hydrogen-bond donors (Lipinski definition) is 1. The molecule has 0 atom stereocenters. The minimum absolute atomic E-state index is 0.0162. The first kappa shape index (κ1) is 12.8. The first-order valence-electron chi connectivity index (χ1n) is 5.17. The molecule has 0 aromatic heterocycles. The van der Waals surface area contributed by atoms with Gasteiger partial charge in [0.2, 0.25) is 0 Å². The lowest BCUT2D eigenvalue weighted by atomic mass is 10.0. The lowest BCUT2D eigenvalue weighted by molar-refractivity contribution is -0.137. The topological polar surface area (TPSA) is 70.3 Å². The summed E-state index contributed by atoms with van der Waals surface area (Å²) in [5.74, 6) is -0.489. The minimum Gasteiger partial charge on any atom is -0.508 e. The third-order valence-electron chi connectivity index (χ3n) is 2.27. The monoisotopic (exact) mass is 231 g/mol. The molecule has 1 N–H and O–H groups in total. The number of phenols is 1. The van der Waals surface area contributed by atoms with Crippen molar-refractivity contribution in [3.05, 3.63) is 35.4 Å². The summed E-state index contributed by atoms with van der Waals surface area (Å²) in [4.78, 5) is 11.5. The number of hydrogen-bond acceptors (Lipinski definition) is 4. The van der Waals surface area contributed by atoms with E-state index < -0.39 is 5.97 Å². The van der Waals surface area contributed by atoms with E-state index in [1.54, 1.807) is 26.0 Å². The highest BCUT2D eigenvalue weighted by Gasteiger charge is 2.14. The largest absolute Gasteiger partial charge is 0.508 e. The van der Waals surface area contributed by atoms with E-state index in [1.165, 1.54) is 12.1 Å². The van der Waals surface area contributed by atoms with Crippen LogP contribution >= 0.6 is 0 Å². The van der Waals surface area contributed by atoms with Gasteiger partial charge in [-0.3, -0.25) is 0 Å².